The molecular formula is C9H12ClF2N3. The molecule has 1 aromatic rings. The van der Waals surface area contributed by atoms with Crippen molar-refractivity contribution in [1.82, 2.24) is 9.97 Å². The molecule has 0 bridgehead atoms. The third-order valence-electron chi connectivity index (χ3n) is 1.80. The molecule has 0 unspecified atom stereocenters. The van der Waals surface area contributed by atoms with Crippen molar-refractivity contribution in [2.75, 3.05) is 23.9 Å². The smallest absolute Gasteiger partial charge is 0.255 e. The standard InChI is InChI=1S/C9H12ClF2N3/c1-7-13-4-2-9(14-7)15(5-3-10)6-8(11)12/h2,4,8H,3,5-6H2,1H3. The van der Waals surface area contributed by atoms with Crippen LogP contribution in [0.4, 0.5) is 14.6 Å². The molecule has 0 amide bonds. The van der Waals surface area contributed by atoms with Gasteiger partial charge in [0.1, 0.15) is 11.6 Å². The molecule has 15 heavy (non-hydrogen) atoms. The van der Waals surface area contributed by atoms with Gasteiger partial charge in [0, 0.05) is 18.6 Å². The van der Waals surface area contributed by atoms with Crippen molar-refractivity contribution in [2.24, 2.45) is 0 Å². The van der Waals surface area contributed by atoms with Crippen molar-refractivity contribution in [3.63, 3.8) is 0 Å². The first-order valence-corrected chi connectivity index (χ1v) is 5.05. The maximum absolute atomic E-state index is 12.3. The highest BCUT2D eigenvalue weighted by atomic mass is 35.5. The Morgan fingerprint density at radius 1 is 1.53 bits per heavy atom. The van der Waals surface area contributed by atoms with Gasteiger partial charge in [-0.25, -0.2) is 18.7 Å². The summed E-state index contributed by atoms with van der Waals surface area (Å²) >= 11 is 5.54. The number of rotatable bonds is 5. The van der Waals surface area contributed by atoms with Crippen molar-refractivity contribution in [2.45, 2.75) is 13.3 Å². The Morgan fingerprint density at radius 2 is 2.27 bits per heavy atom. The third-order valence-corrected chi connectivity index (χ3v) is 1.97. The predicted octanol–water partition coefficient (Wildman–Crippen LogP) is 2.10. The molecule has 3 nitrogen and oxygen atoms in total. The van der Waals surface area contributed by atoms with Crippen LogP contribution >= 0.6 is 11.6 Å². The van der Waals surface area contributed by atoms with E-state index in [1.807, 2.05) is 0 Å². The van der Waals surface area contributed by atoms with Crippen LogP contribution in [0.5, 0.6) is 0 Å². The SMILES string of the molecule is Cc1nccc(N(CCCl)CC(F)F)n1. The maximum atomic E-state index is 12.3. The van der Waals surface area contributed by atoms with E-state index in [-0.39, 0.29) is 12.4 Å². The molecule has 0 radical (unpaired) electrons. The fourth-order valence-corrected chi connectivity index (χ4v) is 1.39. The van der Waals surface area contributed by atoms with Gasteiger partial charge in [-0.15, -0.1) is 11.6 Å². The van der Waals surface area contributed by atoms with Gasteiger partial charge in [0.15, 0.2) is 0 Å². The lowest BCUT2D eigenvalue weighted by Crippen LogP contribution is -2.31. The van der Waals surface area contributed by atoms with E-state index >= 15 is 0 Å². The summed E-state index contributed by atoms with van der Waals surface area (Å²) in [6.07, 6.45) is -0.854. The average molecular weight is 236 g/mol. The fraction of sp³-hybridized carbons (Fsp3) is 0.556. The minimum atomic E-state index is -2.40. The van der Waals surface area contributed by atoms with E-state index in [4.69, 9.17) is 11.6 Å². The van der Waals surface area contributed by atoms with E-state index in [0.717, 1.165) is 0 Å². The number of nitrogens with zero attached hydrogens (tertiary/aromatic N) is 3. The van der Waals surface area contributed by atoms with Crippen LogP contribution in [0.1, 0.15) is 5.82 Å². The largest absolute Gasteiger partial charge is 0.350 e. The van der Waals surface area contributed by atoms with Crippen molar-refractivity contribution < 1.29 is 8.78 Å². The lowest BCUT2D eigenvalue weighted by atomic mass is 10.4. The molecule has 1 heterocycles. The minimum Gasteiger partial charge on any atom is -0.350 e. The Kier molecular flexibility index (Phi) is 4.68. The zero-order valence-corrected chi connectivity index (χ0v) is 9.08. The molecule has 6 heteroatoms. The van der Waals surface area contributed by atoms with Gasteiger partial charge in [-0.1, -0.05) is 0 Å². The van der Waals surface area contributed by atoms with Crippen LogP contribution in [0.2, 0.25) is 0 Å². The molecule has 1 aromatic heterocycles. The molecule has 0 spiro atoms. The van der Waals surface area contributed by atoms with Crippen LogP contribution in [0, 0.1) is 6.92 Å². The molecule has 1 rings (SSSR count). The molecule has 84 valence electrons. The summed E-state index contributed by atoms with van der Waals surface area (Å²) in [4.78, 5) is 9.42. The Labute approximate surface area is 92.1 Å². The van der Waals surface area contributed by atoms with Crippen LogP contribution < -0.4 is 4.90 Å². The van der Waals surface area contributed by atoms with Gasteiger partial charge in [0.05, 0.1) is 6.54 Å². The number of anilines is 1. The fourth-order valence-electron chi connectivity index (χ4n) is 1.19. The molecule has 0 fully saturated rings. The summed E-state index contributed by atoms with van der Waals surface area (Å²) in [5, 5.41) is 0. The zero-order chi connectivity index (χ0) is 11.3. The quantitative estimate of drug-likeness (QED) is 0.732. The van der Waals surface area contributed by atoms with Crippen LogP contribution in [0.25, 0.3) is 0 Å². The lowest BCUT2D eigenvalue weighted by molar-refractivity contribution is 0.155. The van der Waals surface area contributed by atoms with Crippen LogP contribution in [-0.4, -0.2) is 35.4 Å². The highest BCUT2D eigenvalue weighted by Crippen LogP contribution is 2.11. The van der Waals surface area contributed by atoms with E-state index in [1.54, 1.807) is 19.2 Å². The number of alkyl halides is 3. The molecule has 0 aliphatic heterocycles. The highest BCUT2D eigenvalue weighted by Gasteiger charge is 2.13. The topological polar surface area (TPSA) is 29.0 Å². The molecule has 0 aliphatic rings. The van der Waals surface area contributed by atoms with Gasteiger partial charge in [-0.2, -0.15) is 0 Å². The first kappa shape index (κ1) is 12.1. The predicted molar refractivity (Wildman–Crippen MR) is 55.7 cm³/mol. The second-order valence-corrected chi connectivity index (χ2v) is 3.37. The van der Waals surface area contributed by atoms with E-state index in [0.29, 0.717) is 18.2 Å². The van der Waals surface area contributed by atoms with Gasteiger partial charge < -0.3 is 4.90 Å². The Hall–Kier alpha value is -0.970. The number of aromatic nitrogens is 2. The van der Waals surface area contributed by atoms with Gasteiger partial charge in [-0.05, 0) is 13.0 Å². The first-order valence-electron chi connectivity index (χ1n) is 4.52. The summed E-state index contributed by atoms with van der Waals surface area (Å²) in [6.45, 7) is 1.70. The van der Waals surface area contributed by atoms with E-state index in [1.165, 1.54) is 4.90 Å². The summed E-state index contributed by atoms with van der Waals surface area (Å²) in [6, 6.07) is 1.60. The zero-order valence-electron chi connectivity index (χ0n) is 8.33. The van der Waals surface area contributed by atoms with E-state index < -0.39 is 6.43 Å². The summed E-state index contributed by atoms with van der Waals surface area (Å²) in [7, 11) is 0. The van der Waals surface area contributed by atoms with Crippen LogP contribution in [-0.2, 0) is 0 Å². The van der Waals surface area contributed by atoms with Crippen molar-refractivity contribution >= 4 is 17.4 Å². The normalized spacial score (nSPS) is 10.7. The van der Waals surface area contributed by atoms with Gasteiger partial charge in [-0.3, -0.25) is 0 Å². The average Bonchev–Trinajstić information content (AvgIpc) is 2.16. The molecule has 0 N–H and O–H groups in total. The Balaban J connectivity index is 2.78. The van der Waals surface area contributed by atoms with Crippen molar-refractivity contribution in [3.8, 4) is 0 Å². The summed E-state index contributed by atoms with van der Waals surface area (Å²) < 4.78 is 24.5. The monoisotopic (exact) mass is 235 g/mol. The van der Waals surface area contributed by atoms with Crippen molar-refractivity contribution in [3.05, 3.63) is 18.1 Å². The lowest BCUT2D eigenvalue weighted by Gasteiger charge is -2.22. The second kappa shape index (κ2) is 5.80. The van der Waals surface area contributed by atoms with Crippen molar-refractivity contribution in [1.29, 1.82) is 0 Å². The molecule has 0 aliphatic carbocycles. The molecule has 0 saturated carbocycles. The minimum absolute atomic E-state index is 0.287. The van der Waals surface area contributed by atoms with Crippen LogP contribution in [0.3, 0.4) is 0 Å². The number of hydrogen-bond acceptors (Lipinski definition) is 3. The summed E-state index contributed by atoms with van der Waals surface area (Å²) in [5.74, 6) is 1.33. The van der Waals surface area contributed by atoms with Crippen LogP contribution in [0.15, 0.2) is 12.3 Å². The number of halogens is 3. The maximum Gasteiger partial charge on any atom is 0.255 e. The molecular weight excluding hydrogens is 224 g/mol. The van der Waals surface area contributed by atoms with E-state index in [2.05, 4.69) is 9.97 Å². The second-order valence-electron chi connectivity index (χ2n) is 2.99. The number of hydrogen-bond donors (Lipinski definition) is 0. The van der Waals surface area contributed by atoms with E-state index in [9.17, 15) is 8.78 Å². The molecule has 0 aromatic carbocycles. The Bertz CT molecular complexity index is 309. The first-order chi connectivity index (χ1) is 7.13. The van der Waals surface area contributed by atoms with Gasteiger partial charge in [0.2, 0.25) is 0 Å². The van der Waals surface area contributed by atoms with Gasteiger partial charge in [0.25, 0.3) is 6.43 Å². The van der Waals surface area contributed by atoms with Gasteiger partial charge >= 0.3 is 0 Å². The Morgan fingerprint density at radius 3 is 2.80 bits per heavy atom. The number of aryl methyl sites for hydroxylation is 1. The third kappa shape index (κ3) is 3.95. The summed E-state index contributed by atoms with van der Waals surface area (Å²) in [5.41, 5.74) is 0. The molecule has 0 atom stereocenters. The molecule has 0 saturated heterocycles. The highest BCUT2D eigenvalue weighted by molar-refractivity contribution is 6.18.